The van der Waals surface area contributed by atoms with E-state index in [0.717, 1.165) is 25.1 Å². The van der Waals surface area contributed by atoms with Crippen molar-refractivity contribution in [2.45, 2.75) is 25.8 Å². The fourth-order valence-electron chi connectivity index (χ4n) is 2.00. The van der Waals surface area contributed by atoms with Gasteiger partial charge in [-0.05, 0) is 25.8 Å². The lowest BCUT2D eigenvalue weighted by Gasteiger charge is -2.08. The molecule has 0 unspecified atom stereocenters. The third kappa shape index (κ3) is 4.33. The summed E-state index contributed by atoms with van der Waals surface area (Å²) in [5.41, 5.74) is -2.32. The van der Waals surface area contributed by atoms with Gasteiger partial charge in [-0.15, -0.1) is 0 Å². The van der Waals surface area contributed by atoms with Crippen LogP contribution in [0.5, 0.6) is 0 Å². The van der Waals surface area contributed by atoms with Crippen LogP contribution in [0.15, 0.2) is 22.7 Å². The monoisotopic (exact) mass is 383 g/mol. The molecule has 0 bridgehead atoms. The fraction of sp³-hybridized carbons (Fsp3) is 0.333. The van der Waals surface area contributed by atoms with E-state index in [2.05, 4.69) is 4.99 Å². The Morgan fingerprint density at radius 1 is 1.35 bits per heavy atom. The molecular weight excluding hydrogens is 370 g/mol. The third-order valence-electron chi connectivity index (χ3n) is 3.43. The van der Waals surface area contributed by atoms with Crippen molar-refractivity contribution in [2.75, 3.05) is 6.61 Å². The lowest BCUT2D eigenvalue weighted by Crippen LogP contribution is -2.12. The number of carbonyl (C=O) groups is 1. The minimum Gasteiger partial charge on any atom is -0.506 e. The number of rotatable bonds is 7. The molecule has 1 aliphatic rings. The second-order valence-corrected chi connectivity index (χ2v) is 5.73. The van der Waals surface area contributed by atoms with Crippen LogP contribution >= 0.6 is 11.6 Å². The Labute approximate surface area is 152 Å². The molecule has 1 saturated carbocycles. The van der Waals surface area contributed by atoms with Gasteiger partial charge in [-0.3, -0.25) is 25.2 Å². The zero-order valence-corrected chi connectivity index (χ0v) is 14.3. The minimum atomic E-state index is -0.932. The number of halogens is 1. The predicted molar refractivity (Wildman–Crippen MR) is 92.5 cm³/mol. The molecule has 1 N–H and O–H groups in total. The van der Waals surface area contributed by atoms with Crippen LogP contribution in [0.4, 0.5) is 11.4 Å². The largest absolute Gasteiger partial charge is 0.506 e. The Balaban J connectivity index is 2.64. The van der Waals surface area contributed by atoms with Crippen molar-refractivity contribution in [3.8, 4) is 0 Å². The van der Waals surface area contributed by atoms with Gasteiger partial charge in [0.05, 0.1) is 34.1 Å². The summed E-state index contributed by atoms with van der Waals surface area (Å²) in [5.74, 6) is -1.73. The summed E-state index contributed by atoms with van der Waals surface area (Å²) >= 11 is 5.78. The lowest BCUT2D eigenvalue weighted by atomic mass is 10.1. The van der Waals surface area contributed by atoms with Gasteiger partial charge in [-0.25, -0.2) is 4.79 Å². The summed E-state index contributed by atoms with van der Waals surface area (Å²) in [6.07, 6.45) is 2.75. The first-order valence-corrected chi connectivity index (χ1v) is 7.90. The molecule has 1 aliphatic carbocycles. The van der Waals surface area contributed by atoms with Crippen LogP contribution in [0.1, 0.15) is 25.3 Å². The molecule has 0 atom stereocenters. The summed E-state index contributed by atoms with van der Waals surface area (Å²) in [6.45, 7) is 1.56. The smallest absolute Gasteiger partial charge is 0.343 e. The maximum Gasteiger partial charge on any atom is 0.343 e. The van der Waals surface area contributed by atoms with Gasteiger partial charge in [0.25, 0.3) is 11.4 Å². The average molecular weight is 384 g/mol. The van der Waals surface area contributed by atoms with E-state index in [1.54, 1.807) is 6.92 Å². The number of ether oxygens (including phenoxy) is 1. The predicted octanol–water partition coefficient (Wildman–Crippen LogP) is 3.22. The van der Waals surface area contributed by atoms with Crippen molar-refractivity contribution in [1.82, 2.24) is 0 Å². The molecule has 0 heterocycles. The maximum absolute atomic E-state index is 12.1. The number of hydrogen-bond donors (Lipinski definition) is 1. The number of aliphatic imine (C=N–C) groups is 1. The molecule has 0 aromatic heterocycles. The molecule has 0 spiro atoms. The normalized spacial score (nSPS) is 14.8. The average Bonchev–Trinajstić information content (AvgIpc) is 3.38. The summed E-state index contributed by atoms with van der Waals surface area (Å²) in [7, 11) is 0. The van der Waals surface area contributed by atoms with Crippen molar-refractivity contribution in [2.24, 2.45) is 4.99 Å². The van der Waals surface area contributed by atoms with E-state index in [0.29, 0.717) is 6.07 Å². The molecule has 11 heteroatoms. The number of nitrogens with zero attached hydrogens (tertiary/aromatic N) is 3. The first kappa shape index (κ1) is 19.3. The minimum absolute atomic E-state index is 0.00991. The van der Waals surface area contributed by atoms with Gasteiger partial charge in [-0.1, -0.05) is 11.6 Å². The number of aliphatic hydroxyl groups excluding tert-OH is 1. The van der Waals surface area contributed by atoms with Crippen LogP contribution < -0.4 is 0 Å². The topological polar surface area (TPSA) is 145 Å². The molecule has 2 rings (SSSR count). The molecular formula is C15H14ClN3O7. The molecule has 26 heavy (non-hydrogen) atoms. The molecule has 1 fully saturated rings. The fourth-order valence-corrected chi connectivity index (χ4v) is 2.23. The second kappa shape index (κ2) is 7.91. The molecule has 0 aliphatic heterocycles. The Hall–Kier alpha value is -3.01. The number of aliphatic hydroxyl groups is 1. The third-order valence-corrected chi connectivity index (χ3v) is 3.73. The quantitative estimate of drug-likeness (QED) is 0.190. The molecule has 0 radical (unpaired) electrons. The molecule has 1 aromatic rings. The zero-order chi connectivity index (χ0) is 19.4. The molecule has 0 saturated heterocycles. The first-order chi connectivity index (χ1) is 12.3. The molecule has 1 aromatic carbocycles. The van der Waals surface area contributed by atoms with Gasteiger partial charge in [-0.2, -0.15) is 0 Å². The summed E-state index contributed by atoms with van der Waals surface area (Å²) in [4.78, 5) is 36.5. The highest BCUT2D eigenvalue weighted by Gasteiger charge is 2.29. The molecule has 10 nitrogen and oxygen atoms in total. The summed E-state index contributed by atoms with van der Waals surface area (Å²) in [5, 5.41) is 32.2. The summed E-state index contributed by atoms with van der Waals surface area (Å²) < 4.78 is 4.83. The van der Waals surface area contributed by atoms with Gasteiger partial charge in [0.2, 0.25) is 0 Å². The van der Waals surface area contributed by atoms with Crippen molar-refractivity contribution in [3.63, 3.8) is 0 Å². The van der Waals surface area contributed by atoms with E-state index >= 15 is 0 Å². The van der Waals surface area contributed by atoms with E-state index in [1.165, 1.54) is 0 Å². The van der Waals surface area contributed by atoms with Gasteiger partial charge >= 0.3 is 5.97 Å². The van der Waals surface area contributed by atoms with Gasteiger partial charge in [0.15, 0.2) is 0 Å². The van der Waals surface area contributed by atoms with E-state index in [-0.39, 0.29) is 12.6 Å². The highest BCUT2D eigenvalue weighted by molar-refractivity contribution is 6.33. The van der Waals surface area contributed by atoms with Crippen LogP contribution in [0.25, 0.3) is 5.76 Å². The van der Waals surface area contributed by atoms with Gasteiger partial charge in [0.1, 0.15) is 16.4 Å². The Morgan fingerprint density at radius 2 is 1.96 bits per heavy atom. The first-order valence-electron chi connectivity index (χ1n) is 7.52. The molecule has 138 valence electrons. The van der Waals surface area contributed by atoms with E-state index < -0.39 is 49.1 Å². The van der Waals surface area contributed by atoms with E-state index in [1.807, 2.05) is 0 Å². The SMILES string of the molecule is CCOC(=O)C(C=NC1CC1)=C(O)c1cc(Cl)c([N+](=O)[O-])cc1[N+](=O)[O-]. The van der Waals surface area contributed by atoms with Crippen LogP contribution in [0.2, 0.25) is 5.02 Å². The van der Waals surface area contributed by atoms with Crippen LogP contribution in [-0.2, 0) is 9.53 Å². The number of carbonyl (C=O) groups excluding carboxylic acids is 1. The lowest BCUT2D eigenvalue weighted by molar-refractivity contribution is -0.394. The summed E-state index contributed by atoms with van der Waals surface area (Å²) in [6, 6.07) is 1.49. The number of benzene rings is 1. The Kier molecular flexibility index (Phi) is 5.88. The standard InChI is InChI=1S/C15H14ClN3O7/c1-2-26-15(21)10(7-17-8-3-4-8)14(20)9-5-11(16)13(19(24)25)6-12(9)18(22)23/h5-8,20H,2-4H2,1H3. The van der Waals surface area contributed by atoms with Crippen LogP contribution in [-0.4, -0.2) is 39.8 Å². The van der Waals surface area contributed by atoms with Crippen molar-refractivity contribution in [3.05, 3.63) is 48.5 Å². The maximum atomic E-state index is 12.1. The number of esters is 1. The number of hydrogen-bond acceptors (Lipinski definition) is 8. The van der Waals surface area contributed by atoms with E-state index in [4.69, 9.17) is 16.3 Å². The van der Waals surface area contributed by atoms with Gasteiger partial charge < -0.3 is 9.84 Å². The Morgan fingerprint density at radius 3 is 2.46 bits per heavy atom. The van der Waals surface area contributed by atoms with Crippen molar-refractivity contribution >= 4 is 40.9 Å². The van der Waals surface area contributed by atoms with Crippen molar-refractivity contribution in [1.29, 1.82) is 0 Å². The highest BCUT2D eigenvalue weighted by atomic mass is 35.5. The van der Waals surface area contributed by atoms with Gasteiger partial charge in [0, 0.05) is 6.21 Å². The zero-order valence-electron chi connectivity index (χ0n) is 13.5. The van der Waals surface area contributed by atoms with Crippen molar-refractivity contribution < 1.29 is 24.5 Å². The molecule has 0 amide bonds. The van der Waals surface area contributed by atoms with Crippen LogP contribution in [0.3, 0.4) is 0 Å². The number of nitro benzene ring substituents is 2. The number of nitro groups is 2. The van der Waals surface area contributed by atoms with Crippen LogP contribution in [0, 0.1) is 20.2 Å². The Bertz CT molecular complexity index is 831. The highest BCUT2D eigenvalue weighted by Crippen LogP contribution is 2.36. The second-order valence-electron chi connectivity index (χ2n) is 5.33. The van der Waals surface area contributed by atoms with E-state index in [9.17, 15) is 30.1 Å².